The minimum absolute atomic E-state index is 0. The third-order valence-electron chi connectivity index (χ3n) is 3.43. The van der Waals surface area contributed by atoms with Crippen molar-refractivity contribution in [3.8, 4) is 0 Å². The van der Waals surface area contributed by atoms with Gasteiger partial charge in [-0.15, -0.1) is 12.4 Å². The highest BCUT2D eigenvalue weighted by atomic mass is 35.5. The van der Waals surface area contributed by atoms with E-state index in [-0.39, 0.29) is 24.4 Å². The molecule has 0 aliphatic carbocycles. The number of nitrogens with zero attached hydrogens (tertiary/aromatic N) is 1. The topological polar surface area (TPSA) is 44.4 Å². The van der Waals surface area contributed by atoms with Crippen LogP contribution in [0.15, 0.2) is 24.3 Å². The number of nitrogens with one attached hydrogen (secondary N) is 2. The first kappa shape index (κ1) is 17.0. The molecule has 1 aliphatic heterocycles. The zero-order valence-corrected chi connectivity index (χ0v) is 13.0. The molecule has 1 unspecified atom stereocenters. The van der Waals surface area contributed by atoms with Gasteiger partial charge >= 0.3 is 0 Å². The minimum Gasteiger partial charge on any atom is -0.351 e. The molecule has 1 heterocycles. The van der Waals surface area contributed by atoms with Crippen molar-refractivity contribution in [1.29, 1.82) is 0 Å². The Labute approximate surface area is 127 Å². The monoisotopic (exact) mass is 297 g/mol. The number of halogens is 1. The van der Waals surface area contributed by atoms with Crippen LogP contribution < -0.4 is 10.6 Å². The van der Waals surface area contributed by atoms with Gasteiger partial charge in [-0.25, -0.2) is 0 Å². The van der Waals surface area contributed by atoms with Gasteiger partial charge in [0.05, 0.1) is 6.04 Å². The molecule has 0 bridgehead atoms. The normalized spacial score (nSPS) is 17.9. The molecule has 0 spiro atoms. The highest BCUT2D eigenvalue weighted by Crippen LogP contribution is 2.11. The molecule has 2 N–H and O–H groups in total. The van der Waals surface area contributed by atoms with Crippen LogP contribution in [-0.2, 0) is 17.9 Å². The van der Waals surface area contributed by atoms with Gasteiger partial charge in [0, 0.05) is 13.1 Å². The molecule has 1 atom stereocenters. The molecule has 20 heavy (non-hydrogen) atoms. The van der Waals surface area contributed by atoms with Crippen molar-refractivity contribution in [2.24, 2.45) is 0 Å². The van der Waals surface area contributed by atoms with Gasteiger partial charge in [0.15, 0.2) is 0 Å². The zero-order chi connectivity index (χ0) is 13.7. The summed E-state index contributed by atoms with van der Waals surface area (Å²) in [6, 6.07) is 8.27. The molecule has 0 radical (unpaired) electrons. The maximum Gasteiger partial charge on any atom is 0.237 e. The number of hydrogen-bond donors (Lipinski definition) is 2. The predicted molar refractivity (Wildman–Crippen MR) is 84.0 cm³/mol. The summed E-state index contributed by atoms with van der Waals surface area (Å²) in [6.45, 7) is 2.46. The maximum atomic E-state index is 12.0. The Balaban J connectivity index is 0.00000200. The van der Waals surface area contributed by atoms with Crippen molar-refractivity contribution in [2.45, 2.75) is 32.0 Å². The Morgan fingerprint density at radius 1 is 1.35 bits per heavy atom. The van der Waals surface area contributed by atoms with Gasteiger partial charge < -0.3 is 15.5 Å². The van der Waals surface area contributed by atoms with Crippen LogP contribution in [0.5, 0.6) is 0 Å². The summed E-state index contributed by atoms with van der Waals surface area (Å²) >= 11 is 0. The maximum absolute atomic E-state index is 12.0. The summed E-state index contributed by atoms with van der Waals surface area (Å²) in [6.07, 6.45) is 2.04. The van der Waals surface area contributed by atoms with Gasteiger partial charge in [0.1, 0.15) is 0 Å². The fourth-order valence-electron chi connectivity index (χ4n) is 2.44. The van der Waals surface area contributed by atoms with Gasteiger partial charge in [-0.2, -0.15) is 0 Å². The third kappa shape index (κ3) is 4.78. The first-order chi connectivity index (χ1) is 9.16. The van der Waals surface area contributed by atoms with Crippen LogP contribution in [0.1, 0.15) is 24.0 Å². The number of amides is 1. The second-order valence-electron chi connectivity index (χ2n) is 5.37. The first-order valence-electron chi connectivity index (χ1n) is 6.89. The van der Waals surface area contributed by atoms with Crippen molar-refractivity contribution in [2.75, 3.05) is 20.6 Å². The number of carbonyl (C=O) groups is 1. The van der Waals surface area contributed by atoms with Gasteiger partial charge in [0.2, 0.25) is 5.91 Å². The zero-order valence-electron chi connectivity index (χ0n) is 12.2. The highest BCUT2D eigenvalue weighted by molar-refractivity contribution is 5.85. The summed E-state index contributed by atoms with van der Waals surface area (Å²) in [7, 11) is 4.11. The molecular formula is C15H24ClN3O. The van der Waals surface area contributed by atoms with E-state index in [9.17, 15) is 4.79 Å². The Morgan fingerprint density at radius 3 is 2.65 bits per heavy atom. The standard InChI is InChI=1S/C15H23N3O.ClH/c1-18(2)11-13-7-4-3-6-12(13)10-17-15(19)14-8-5-9-16-14;/h3-4,6-7,14,16H,5,8-11H2,1-2H3,(H,17,19);1H. The second-order valence-corrected chi connectivity index (χ2v) is 5.37. The summed E-state index contributed by atoms with van der Waals surface area (Å²) in [5.74, 6) is 0.122. The number of carbonyl (C=O) groups excluding carboxylic acids is 1. The summed E-state index contributed by atoms with van der Waals surface area (Å²) in [5.41, 5.74) is 2.47. The fourth-order valence-corrected chi connectivity index (χ4v) is 2.44. The molecule has 1 fully saturated rings. The minimum atomic E-state index is 0. The SMILES string of the molecule is CN(C)Cc1ccccc1CNC(=O)C1CCCN1.Cl. The van der Waals surface area contributed by atoms with Crippen LogP contribution in [0.3, 0.4) is 0 Å². The van der Waals surface area contributed by atoms with Crippen molar-refractivity contribution in [3.63, 3.8) is 0 Å². The van der Waals surface area contributed by atoms with Crippen molar-refractivity contribution >= 4 is 18.3 Å². The van der Waals surface area contributed by atoms with Crippen LogP contribution >= 0.6 is 12.4 Å². The molecule has 4 nitrogen and oxygen atoms in total. The quantitative estimate of drug-likeness (QED) is 0.866. The average molecular weight is 298 g/mol. The lowest BCUT2D eigenvalue weighted by Crippen LogP contribution is -2.40. The second kappa shape index (κ2) is 8.25. The molecule has 1 aliphatic rings. The van der Waals surface area contributed by atoms with Crippen molar-refractivity contribution < 1.29 is 4.79 Å². The Hall–Kier alpha value is -1.10. The molecule has 1 aromatic carbocycles. The predicted octanol–water partition coefficient (Wildman–Crippen LogP) is 1.54. The largest absolute Gasteiger partial charge is 0.351 e. The van der Waals surface area contributed by atoms with Crippen LogP contribution in [0, 0.1) is 0 Å². The lowest BCUT2D eigenvalue weighted by atomic mass is 10.1. The Bertz CT molecular complexity index is 431. The molecule has 112 valence electrons. The van der Waals surface area contributed by atoms with E-state index in [2.05, 4.69) is 41.8 Å². The molecule has 1 aromatic rings. The summed E-state index contributed by atoms with van der Waals surface area (Å²) in [4.78, 5) is 14.1. The van der Waals surface area contributed by atoms with Gasteiger partial charge in [-0.05, 0) is 44.6 Å². The van der Waals surface area contributed by atoms with Gasteiger partial charge in [-0.3, -0.25) is 4.79 Å². The first-order valence-corrected chi connectivity index (χ1v) is 6.89. The molecule has 0 aromatic heterocycles. The van der Waals surface area contributed by atoms with E-state index >= 15 is 0 Å². The van der Waals surface area contributed by atoms with E-state index in [0.717, 1.165) is 25.9 Å². The van der Waals surface area contributed by atoms with Crippen molar-refractivity contribution in [1.82, 2.24) is 15.5 Å². The number of hydrogen-bond acceptors (Lipinski definition) is 3. The fraction of sp³-hybridized carbons (Fsp3) is 0.533. The lowest BCUT2D eigenvalue weighted by molar-refractivity contribution is -0.122. The van der Waals surface area contributed by atoms with Crippen molar-refractivity contribution in [3.05, 3.63) is 35.4 Å². The number of benzene rings is 1. The van der Waals surface area contributed by atoms with Crippen LogP contribution in [0.25, 0.3) is 0 Å². The lowest BCUT2D eigenvalue weighted by Gasteiger charge is -2.16. The Morgan fingerprint density at radius 2 is 2.05 bits per heavy atom. The van der Waals surface area contributed by atoms with E-state index in [0.29, 0.717) is 6.54 Å². The van der Waals surface area contributed by atoms with Crippen LogP contribution in [-0.4, -0.2) is 37.5 Å². The summed E-state index contributed by atoms with van der Waals surface area (Å²) in [5, 5.41) is 6.25. The van der Waals surface area contributed by atoms with Gasteiger partial charge in [-0.1, -0.05) is 24.3 Å². The molecule has 5 heteroatoms. The molecule has 1 amide bonds. The van der Waals surface area contributed by atoms with E-state index in [4.69, 9.17) is 0 Å². The molecule has 2 rings (SSSR count). The van der Waals surface area contributed by atoms with Crippen LogP contribution in [0.4, 0.5) is 0 Å². The average Bonchev–Trinajstić information content (AvgIpc) is 2.90. The van der Waals surface area contributed by atoms with E-state index < -0.39 is 0 Å². The molecular weight excluding hydrogens is 274 g/mol. The third-order valence-corrected chi connectivity index (χ3v) is 3.43. The molecule has 1 saturated heterocycles. The van der Waals surface area contributed by atoms with Gasteiger partial charge in [0.25, 0.3) is 0 Å². The van der Waals surface area contributed by atoms with E-state index in [1.807, 2.05) is 12.1 Å². The molecule has 0 saturated carbocycles. The summed E-state index contributed by atoms with van der Waals surface area (Å²) < 4.78 is 0. The van der Waals surface area contributed by atoms with Crippen LogP contribution in [0.2, 0.25) is 0 Å². The highest BCUT2D eigenvalue weighted by Gasteiger charge is 2.21. The number of rotatable bonds is 5. The Kier molecular flexibility index (Phi) is 6.99. The van der Waals surface area contributed by atoms with E-state index in [1.165, 1.54) is 11.1 Å². The van der Waals surface area contributed by atoms with E-state index in [1.54, 1.807) is 0 Å². The smallest absolute Gasteiger partial charge is 0.237 e.